The lowest BCUT2D eigenvalue weighted by atomic mass is 9.95. The summed E-state index contributed by atoms with van der Waals surface area (Å²) >= 11 is 6.97. The minimum absolute atomic E-state index is 0. The van der Waals surface area contributed by atoms with Crippen molar-refractivity contribution in [3.63, 3.8) is 0 Å². The summed E-state index contributed by atoms with van der Waals surface area (Å²) in [6, 6.07) is 9.62. The van der Waals surface area contributed by atoms with Gasteiger partial charge in [-0.3, -0.25) is 4.90 Å². The summed E-state index contributed by atoms with van der Waals surface area (Å²) < 4.78 is 42.9. The van der Waals surface area contributed by atoms with Gasteiger partial charge in [-0.2, -0.15) is 0 Å². The quantitative estimate of drug-likeness (QED) is 0.466. The Bertz CT molecular complexity index is 804. The van der Waals surface area contributed by atoms with Crippen molar-refractivity contribution in [2.24, 2.45) is 0 Å². The molecular formula is C18H20Br2Cl2F3N3O. The third kappa shape index (κ3) is 6.90. The van der Waals surface area contributed by atoms with Gasteiger partial charge in [-0.25, -0.2) is 0 Å². The van der Waals surface area contributed by atoms with Crippen LogP contribution in [0.2, 0.25) is 0 Å². The fourth-order valence-electron chi connectivity index (χ4n) is 3.21. The molecule has 1 fully saturated rings. The van der Waals surface area contributed by atoms with Gasteiger partial charge in [-0.15, -0.1) is 38.0 Å². The van der Waals surface area contributed by atoms with Crippen molar-refractivity contribution in [1.82, 2.24) is 10.2 Å². The van der Waals surface area contributed by atoms with E-state index >= 15 is 0 Å². The highest BCUT2D eigenvalue weighted by atomic mass is 79.9. The van der Waals surface area contributed by atoms with Crippen LogP contribution in [0.25, 0.3) is 0 Å². The Morgan fingerprint density at radius 2 is 1.62 bits per heavy atom. The second-order valence-corrected chi connectivity index (χ2v) is 7.97. The maximum atomic E-state index is 12.4. The molecule has 162 valence electrons. The Hall–Kier alpha value is -0.710. The summed E-state index contributed by atoms with van der Waals surface area (Å²) in [6.45, 7) is 3.27. The molecule has 0 bridgehead atoms. The highest BCUT2D eigenvalue weighted by Gasteiger charge is 2.31. The third-order valence-corrected chi connectivity index (χ3v) is 5.48. The van der Waals surface area contributed by atoms with E-state index in [4.69, 9.17) is 5.73 Å². The number of piperazine rings is 1. The van der Waals surface area contributed by atoms with E-state index in [0.29, 0.717) is 5.69 Å². The maximum Gasteiger partial charge on any atom is 0.573 e. The van der Waals surface area contributed by atoms with Crippen LogP contribution in [-0.4, -0.2) is 37.4 Å². The fraction of sp³-hybridized carbons (Fsp3) is 0.333. The first-order valence-corrected chi connectivity index (χ1v) is 9.88. The number of halogens is 7. The van der Waals surface area contributed by atoms with Crippen LogP contribution in [0.15, 0.2) is 45.3 Å². The van der Waals surface area contributed by atoms with Crippen molar-refractivity contribution in [1.29, 1.82) is 0 Å². The van der Waals surface area contributed by atoms with Gasteiger partial charge in [0.2, 0.25) is 0 Å². The summed E-state index contributed by atoms with van der Waals surface area (Å²) in [7, 11) is 0. The number of nitrogens with zero attached hydrogens (tertiary/aromatic N) is 1. The number of hydrogen-bond donors (Lipinski definition) is 2. The van der Waals surface area contributed by atoms with E-state index in [2.05, 4.69) is 46.8 Å². The van der Waals surface area contributed by atoms with Crippen LogP contribution in [0.5, 0.6) is 5.75 Å². The first kappa shape index (κ1) is 26.3. The number of benzene rings is 2. The van der Waals surface area contributed by atoms with E-state index in [1.165, 1.54) is 12.1 Å². The zero-order valence-corrected chi connectivity index (χ0v) is 19.8. The van der Waals surface area contributed by atoms with Crippen molar-refractivity contribution in [2.45, 2.75) is 12.4 Å². The van der Waals surface area contributed by atoms with Crippen molar-refractivity contribution in [3.05, 3.63) is 56.5 Å². The smallest absolute Gasteiger partial charge is 0.406 e. The van der Waals surface area contributed by atoms with Gasteiger partial charge in [0.25, 0.3) is 0 Å². The van der Waals surface area contributed by atoms with Gasteiger partial charge in [0, 0.05) is 35.1 Å². The summed E-state index contributed by atoms with van der Waals surface area (Å²) in [5, 5.41) is 3.31. The molecule has 1 saturated heterocycles. The maximum absolute atomic E-state index is 12.4. The summed E-state index contributed by atoms with van der Waals surface area (Å²) in [5.74, 6) is -0.242. The van der Waals surface area contributed by atoms with Crippen molar-refractivity contribution in [3.8, 4) is 5.75 Å². The lowest BCUT2D eigenvalue weighted by Crippen LogP contribution is -2.45. The Morgan fingerprint density at radius 3 is 2.17 bits per heavy atom. The number of hydrogen-bond acceptors (Lipinski definition) is 4. The topological polar surface area (TPSA) is 50.5 Å². The van der Waals surface area contributed by atoms with Gasteiger partial charge in [-0.05, 0) is 51.3 Å². The molecule has 29 heavy (non-hydrogen) atoms. The summed E-state index contributed by atoms with van der Waals surface area (Å²) in [5.41, 5.74) is 8.68. The normalized spacial score (nSPS) is 15.8. The number of anilines is 1. The molecule has 0 spiro atoms. The summed E-state index contributed by atoms with van der Waals surface area (Å²) in [6.07, 6.45) is -4.71. The molecule has 1 aliphatic rings. The van der Waals surface area contributed by atoms with Gasteiger partial charge >= 0.3 is 6.36 Å². The predicted molar refractivity (Wildman–Crippen MR) is 120 cm³/mol. The second kappa shape index (κ2) is 11.1. The van der Waals surface area contributed by atoms with Gasteiger partial charge in [0.15, 0.2) is 0 Å². The average Bonchev–Trinajstić information content (AvgIpc) is 2.60. The number of rotatable bonds is 4. The molecule has 0 radical (unpaired) electrons. The first-order valence-electron chi connectivity index (χ1n) is 8.29. The third-order valence-electron chi connectivity index (χ3n) is 4.37. The Morgan fingerprint density at radius 1 is 1.03 bits per heavy atom. The molecule has 1 aliphatic heterocycles. The van der Waals surface area contributed by atoms with E-state index in [1.54, 1.807) is 12.1 Å². The minimum Gasteiger partial charge on any atom is -0.406 e. The fourth-order valence-corrected chi connectivity index (χ4v) is 4.47. The van der Waals surface area contributed by atoms with E-state index in [9.17, 15) is 13.2 Å². The van der Waals surface area contributed by atoms with Crippen molar-refractivity contribution < 1.29 is 17.9 Å². The summed E-state index contributed by atoms with van der Waals surface area (Å²) in [4.78, 5) is 2.26. The average molecular weight is 582 g/mol. The largest absolute Gasteiger partial charge is 0.573 e. The minimum atomic E-state index is -4.71. The van der Waals surface area contributed by atoms with Crippen LogP contribution < -0.4 is 15.8 Å². The molecule has 3 rings (SSSR count). The molecule has 1 atom stereocenters. The van der Waals surface area contributed by atoms with Gasteiger partial charge < -0.3 is 15.8 Å². The molecular weight excluding hydrogens is 562 g/mol. The molecule has 11 heteroatoms. The highest BCUT2D eigenvalue weighted by molar-refractivity contribution is 9.11. The molecule has 2 aromatic rings. The van der Waals surface area contributed by atoms with Crippen molar-refractivity contribution >= 4 is 62.4 Å². The van der Waals surface area contributed by atoms with Crippen LogP contribution in [0.3, 0.4) is 0 Å². The molecule has 0 saturated carbocycles. The number of ether oxygens (including phenoxy) is 1. The van der Waals surface area contributed by atoms with Gasteiger partial charge in [0.05, 0.1) is 11.7 Å². The number of alkyl halides is 3. The van der Waals surface area contributed by atoms with Gasteiger partial charge in [0.1, 0.15) is 5.75 Å². The SMILES string of the molecule is Cl.Cl.Nc1c(Br)cc(Br)cc1[C@@H](c1ccc(OC(F)(F)F)cc1)N1CCNCC1. The molecule has 0 unspecified atom stereocenters. The van der Waals surface area contributed by atoms with Crippen LogP contribution in [0, 0.1) is 0 Å². The van der Waals surface area contributed by atoms with E-state index < -0.39 is 6.36 Å². The van der Waals surface area contributed by atoms with E-state index in [1.807, 2.05) is 12.1 Å². The number of nitrogens with one attached hydrogen (secondary N) is 1. The van der Waals surface area contributed by atoms with Crippen LogP contribution in [-0.2, 0) is 0 Å². The molecule has 0 aromatic heterocycles. The number of nitrogen functional groups attached to an aromatic ring is 1. The van der Waals surface area contributed by atoms with Crippen LogP contribution >= 0.6 is 56.7 Å². The highest BCUT2D eigenvalue weighted by Crippen LogP contribution is 2.38. The van der Waals surface area contributed by atoms with E-state index in [-0.39, 0.29) is 36.6 Å². The molecule has 3 N–H and O–H groups in total. The molecule has 4 nitrogen and oxygen atoms in total. The zero-order valence-electron chi connectivity index (χ0n) is 15.0. The molecule has 0 aliphatic carbocycles. The Kier molecular flexibility index (Phi) is 10.0. The van der Waals surface area contributed by atoms with Crippen LogP contribution in [0.4, 0.5) is 18.9 Å². The number of nitrogens with two attached hydrogens (primary N) is 1. The standard InChI is InChI=1S/C18H18Br2F3N3O.2ClH/c19-12-9-14(16(24)15(20)10-12)17(26-7-5-25-6-8-26)11-1-3-13(4-2-11)27-18(21,22)23;;/h1-4,9-10,17,25H,5-8,24H2;2*1H/t17-;;/m1../s1. The zero-order chi connectivity index (χ0) is 19.6. The molecule has 2 aromatic carbocycles. The van der Waals surface area contributed by atoms with Crippen LogP contribution in [0.1, 0.15) is 17.2 Å². The lowest BCUT2D eigenvalue weighted by Gasteiger charge is -2.36. The second-order valence-electron chi connectivity index (χ2n) is 6.20. The Labute approximate surface area is 196 Å². The monoisotopic (exact) mass is 579 g/mol. The lowest BCUT2D eigenvalue weighted by molar-refractivity contribution is -0.274. The van der Waals surface area contributed by atoms with Gasteiger partial charge in [-0.1, -0.05) is 28.1 Å². The predicted octanol–water partition coefficient (Wildman–Crippen LogP) is 5.53. The van der Waals surface area contributed by atoms with E-state index in [0.717, 1.165) is 46.3 Å². The first-order chi connectivity index (χ1) is 12.7. The molecule has 0 amide bonds. The van der Waals surface area contributed by atoms with Crippen molar-refractivity contribution in [2.75, 3.05) is 31.9 Å². The molecule has 1 heterocycles. The Balaban J connectivity index is 0.00000210.